The van der Waals surface area contributed by atoms with Crippen molar-refractivity contribution in [1.82, 2.24) is 4.31 Å². The highest BCUT2D eigenvalue weighted by Crippen LogP contribution is 2.67. The molecule has 0 bridgehead atoms. The van der Waals surface area contributed by atoms with E-state index in [1.807, 2.05) is 0 Å². The van der Waals surface area contributed by atoms with Crippen molar-refractivity contribution in [3.63, 3.8) is 0 Å². The van der Waals surface area contributed by atoms with E-state index in [-0.39, 0.29) is 16.4 Å². The first kappa shape index (κ1) is 32.5. The van der Waals surface area contributed by atoms with Gasteiger partial charge in [0.25, 0.3) is 0 Å². The van der Waals surface area contributed by atoms with E-state index in [9.17, 15) is 18.3 Å². The molecule has 1 aromatic carbocycles. The molecule has 0 radical (unpaired) electrons. The number of amides is 1. The molecule has 0 heterocycles. The number of sulfonamides is 1. The van der Waals surface area contributed by atoms with Crippen LogP contribution in [0.1, 0.15) is 105 Å². The van der Waals surface area contributed by atoms with Crippen LogP contribution >= 0.6 is 0 Å². The minimum atomic E-state index is -3.58. The summed E-state index contributed by atoms with van der Waals surface area (Å²) in [7, 11) is -0.601. The average molecular weight is 612 g/mol. The van der Waals surface area contributed by atoms with Gasteiger partial charge in [0.15, 0.2) is 0 Å². The molecule has 0 spiro atoms. The molecule has 0 aliphatic heterocycles. The van der Waals surface area contributed by atoms with Crippen LogP contribution in [0, 0.1) is 46.3 Å². The summed E-state index contributed by atoms with van der Waals surface area (Å²) in [6, 6.07) is 6.00. The van der Waals surface area contributed by atoms with Gasteiger partial charge in [-0.05, 0) is 122 Å². The molecule has 1 unspecified atom stereocenters. The molecule has 6 nitrogen and oxygen atoms in total. The molecule has 3 fully saturated rings. The van der Waals surface area contributed by atoms with Crippen LogP contribution in [0.4, 0.5) is 10.5 Å². The predicted molar refractivity (Wildman–Crippen MR) is 172 cm³/mol. The molecular weight excluding hydrogens is 556 g/mol. The number of nitrogens with zero attached hydrogens (tertiary/aromatic N) is 2. The lowest BCUT2D eigenvalue weighted by molar-refractivity contribution is -0.247. The third-order valence-corrected chi connectivity index (χ3v) is 14.6. The number of fused-ring (bicyclic) bond motifs is 5. The molecule has 4 aliphatic carbocycles. The molecule has 0 aromatic heterocycles. The van der Waals surface area contributed by atoms with Gasteiger partial charge in [-0.2, -0.15) is 0 Å². The third kappa shape index (κ3) is 5.82. The molecule has 0 saturated heterocycles. The van der Waals surface area contributed by atoms with Gasteiger partial charge in [-0.3, -0.25) is 0 Å². The fourth-order valence-corrected chi connectivity index (χ4v) is 11.2. The summed E-state index contributed by atoms with van der Waals surface area (Å²) in [4.78, 5) is 14.0. The third-order valence-electron chi connectivity index (χ3n) is 12.7. The zero-order valence-corrected chi connectivity index (χ0v) is 28.5. The Morgan fingerprint density at radius 2 is 1.67 bits per heavy atom. The van der Waals surface area contributed by atoms with E-state index in [1.165, 1.54) is 81.6 Å². The number of rotatable bonds is 9. The second-order valence-corrected chi connectivity index (χ2v) is 17.8. The topological polar surface area (TPSA) is 80.8 Å². The standard InChI is InChI=1S/C36H56N2O4S/c1-24(2)9-8-10-25(3)31-17-18-32-30-16-11-26-23-28(19-21-35(26,4)33(30)20-22-36(31,32)5)38(34(39)40)27-12-14-29(15-13-27)43(41,42)37(6)7/h11-15,24-25,28,30-33H,8-10,16-23H2,1-7H3,(H,39,40)/p-1/t25-,28?,30+,31-,32+,33+,35+,36-/m1/s1. The Morgan fingerprint density at radius 1 is 0.977 bits per heavy atom. The van der Waals surface area contributed by atoms with Gasteiger partial charge >= 0.3 is 0 Å². The van der Waals surface area contributed by atoms with E-state index in [1.54, 1.807) is 12.1 Å². The first-order valence-electron chi connectivity index (χ1n) is 16.9. The van der Waals surface area contributed by atoms with Crippen molar-refractivity contribution in [3.8, 4) is 0 Å². The molecule has 7 heteroatoms. The monoisotopic (exact) mass is 611 g/mol. The summed E-state index contributed by atoms with van der Waals surface area (Å²) < 4.78 is 26.2. The van der Waals surface area contributed by atoms with E-state index in [0.29, 0.717) is 17.0 Å². The van der Waals surface area contributed by atoms with Crippen molar-refractivity contribution in [1.29, 1.82) is 0 Å². The van der Waals surface area contributed by atoms with Crippen molar-refractivity contribution < 1.29 is 18.3 Å². The normalized spacial score (nSPS) is 34.7. The maximum atomic E-state index is 12.5. The average Bonchev–Trinajstić information content (AvgIpc) is 3.30. The van der Waals surface area contributed by atoms with Crippen LogP contribution < -0.4 is 10.0 Å². The summed E-state index contributed by atoms with van der Waals surface area (Å²) in [6.45, 7) is 12.3. The second-order valence-electron chi connectivity index (χ2n) is 15.6. The smallest absolute Gasteiger partial charge is 0.242 e. The van der Waals surface area contributed by atoms with E-state index in [2.05, 4.69) is 40.7 Å². The lowest BCUT2D eigenvalue weighted by atomic mass is 9.46. The van der Waals surface area contributed by atoms with Crippen molar-refractivity contribution in [3.05, 3.63) is 35.9 Å². The van der Waals surface area contributed by atoms with E-state index >= 15 is 0 Å². The molecule has 8 atom stereocenters. The molecule has 5 rings (SSSR count). The number of carbonyl (C=O) groups is 1. The molecule has 240 valence electrons. The molecule has 1 aromatic rings. The van der Waals surface area contributed by atoms with E-state index < -0.39 is 16.1 Å². The van der Waals surface area contributed by atoms with Gasteiger partial charge in [0, 0.05) is 25.8 Å². The van der Waals surface area contributed by atoms with Crippen LogP contribution in [-0.4, -0.2) is 39.0 Å². The Kier molecular flexibility index (Phi) is 9.19. The Balaban J connectivity index is 1.32. The molecule has 43 heavy (non-hydrogen) atoms. The fourth-order valence-electron chi connectivity index (χ4n) is 10.3. The first-order valence-corrected chi connectivity index (χ1v) is 18.4. The predicted octanol–water partition coefficient (Wildman–Crippen LogP) is 7.50. The van der Waals surface area contributed by atoms with E-state index in [0.717, 1.165) is 59.6 Å². The first-order chi connectivity index (χ1) is 20.2. The Bertz CT molecular complexity index is 1300. The van der Waals surface area contributed by atoms with Crippen molar-refractivity contribution in [2.75, 3.05) is 19.0 Å². The number of carboxylic acid groups (broad SMARTS) is 1. The molecule has 3 saturated carbocycles. The van der Waals surface area contributed by atoms with Crippen LogP contribution in [0.15, 0.2) is 40.8 Å². The Labute approximate surface area is 261 Å². The highest BCUT2D eigenvalue weighted by atomic mass is 32.2. The van der Waals surface area contributed by atoms with Gasteiger partial charge in [-0.15, -0.1) is 0 Å². The minimum absolute atomic E-state index is 0.128. The number of hydrogen-bond donors (Lipinski definition) is 0. The van der Waals surface area contributed by atoms with Crippen molar-refractivity contribution in [2.45, 2.75) is 116 Å². The maximum Gasteiger partial charge on any atom is 0.242 e. The molecular formula is C36H55N2O4S-. The van der Waals surface area contributed by atoms with Gasteiger partial charge < -0.3 is 14.8 Å². The number of anilines is 1. The SMILES string of the molecule is CC(C)CCC[C@@H](C)[C@H]1CC[C@H]2[C@@H]3CC=C4CC(N(C(=O)[O-])c5ccc(S(=O)(=O)N(C)C)cc5)CC[C@]4(C)[C@H]3CC[C@]12C. The van der Waals surface area contributed by atoms with Crippen LogP contribution in [0.25, 0.3) is 0 Å². The lowest BCUT2D eigenvalue weighted by Crippen LogP contribution is -2.54. The fraction of sp³-hybridized carbons (Fsp3) is 0.750. The van der Waals surface area contributed by atoms with Gasteiger partial charge in [0.05, 0.1) is 4.90 Å². The van der Waals surface area contributed by atoms with Crippen LogP contribution in [-0.2, 0) is 10.0 Å². The zero-order valence-electron chi connectivity index (χ0n) is 27.6. The quantitative estimate of drug-likeness (QED) is 0.271. The minimum Gasteiger partial charge on any atom is -0.530 e. The molecule has 0 N–H and O–H groups in total. The molecule has 1 amide bonds. The molecule has 4 aliphatic rings. The van der Waals surface area contributed by atoms with Crippen LogP contribution in [0.2, 0.25) is 0 Å². The Hall–Kier alpha value is -1.86. The number of carbonyl (C=O) groups excluding carboxylic acids is 1. The van der Waals surface area contributed by atoms with Crippen LogP contribution in [0.3, 0.4) is 0 Å². The summed E-state index contributed by atoms with van der Waals surface area (Å²) in [5.41, 5.74) is 2.50. The summed E-state index contributed by atoms with van der Waals surface area (Å²) in [5.74, 6) is 4.65. The van der Waals surface area contributed by atoms with Crippen molar-refractivity contribution in [2.24, 2.45) is 46.3 Å². The zero-order chi connectivity index (χ0) is 31.3. The highest BCUT2D eigenvalue weighted by Gasteiger charge is 2.59. The van der Waals surface area contributed by atoms with Crippen LogP contribution in [0.5, 0.6) is 0 Å². The summed E-state index contributed by atoms with van der Waals surface area (Å²) in [6.07, 6.45) is 14.3. The maximum absolute atomic E-state index is 12.5. The van der Waals surface area contributed by atoms with Gasteiger partial charge in [0.1, 0.15) is 6.09 Å². The van der Waals surface area contributed by atoms with Gasteiger partial charge in [-0.25, -0.2) is 12.7 Å². The van der Waals surface area contributed by atoms with E-state index in [4.69, 9.17) is 0 Å². The largest absolute Gasteiger partial charge is 0.530 e. The van der Waals surface area contributed by atoms with Gasteiger partial charge in [-0.1, -0.05) is 65.5 Å². The number of hydrogen-bond acceptors (Lipinski definition) is 4. The van der Waals surface area contributed by atoms with Gasteiger partial charge in [0.2, 0.25) is 10.0 Å². The number of allylic oxidation sites excluding steroid dienone is 1. The van der Waals surface area contributed by atoms with Crippen molar-refractivity contribution >= 4 is 21.8 Å². The summed E-state index contributed by atoms with van der Waals surface area (Å²) in [5, 5.41) is 12.5. The summed E-state index contributed by atoms with van der Waals surface area (Å²) >= 11 is 0. The second kappa shape index (κ2) is 12.2. The Morgan fingerprint density at radius 3 is 2.30 bits per heavy atom. The lowest BCUT2D eigenvalue weighted by Gasteiger charge is -2.59. The highest BCUT2D eigenvalue weighted by molar-refractivity contribution is 7.89. The number of benzene rings is 1.